The normalized spacial score (nSPS) is 11.3. The number of hydrogen-bond donors (Lipinski definition) is 1. The molecule has 2 aromatic heterocycles. The molecule has 0 saturated carbocycles. The fourth-order valence-electron chi connectivity index (χ4n) is 1.61. The Morgan fingerprint density at radius 3 is 2.65 bits per heavy atom. The lowest BCUT2D eigenvalue weighted by molar-refractivity contribution is 0.0666. The van der Waals surface area contributed by atoms with E-state index in [1.165, 1.54) is 12.4 Å². The third kappa shape index (κ3) is 2.50. The maximum absolute atomic E-state index is 12.6. The molecule has 0 fully saturated rings. The van der Waals surface area contributed by atoms with Crippen molar-refractivity contribution in [1.82, 2.24) is 24.4 Å². The molecule has 2 rings (SSSR count). The lowest BCUT2D eigenvalue weighted by Crippen LogP contribution is -2.15. The fourth-order valence-corrected chi connectivity index (χ4v) is 1.61. The summed E-state index contributed by atoms with van der Waals surface area (Å²) in [5.41, 5.74) is 0. The highest BCUT2D eigenvalue weighted by atomic mass is 19.3. The Morgan fingerprint density at radius 2 is 1.94 bits per heavy atom. The average molecular weight is 241 g/mol. The van der Waals surface area contributed by atoms with Crippen LogP contribution in [0.15, 0.2) is 24.8 Å². The molecule has 0 spiro atoms. The standard InChI is InChI=1S/C10H13F2N5/c1-13-6-8-14-2-4-16(8)7-9-15-3-5-17(9)10(11)12/h2-5,10,13H,6-7H2,1H3. The van der Waals surface area contributed by atoms with Crippen LogP contribution in [0.4, 0.5) is 8.78 Å². The van der Waals surface area contributed by atoms with Crippen LogP contribution in [0.25, 0.3) is 0 Å². The van der Waals surface area contributed by atoms with E-state index < -0.39 is 6.55 Å². The Labute approximate surface area is 97.1 Å². The molecule has 17 heavy (non-hydrogen) atoms. The molecule has 92 valence electrons. The summed E-state index contributed by atoms with van der Waals surface area (Å²) in [6, 6.07) is 0. The molecule has 1 N–H and O–H groups in total. The van der Waals surface area contributed by atoms with Crippen molar-refractivity contribution >= 4 is 0 Å². The van der Waals surface area contributed by atoms with Gasteiger partial charge in [0.15, 0.2) is 0 Å². The van der Waals surface area contributed by atoms with Crippen LogP contribution in [-0.2, 0) is 13.1 Å². The summed E-state index contributed by atoms with van der Waals surface area (Å²) in [6.45, 7) is -1.69. The van der Waals surface area contributed by atoms with Gasteiger partial charge < -0.3 is 9.88 Å². The number of halogens is 2. The van der Waals surface area contributed by atoms with Gasteiger partial charge in [-0.1, -0.05) is 0 Å². The quantitative estimate of drug-likeness (QED) is 0.856. The molecule has 5 nitrogen and oxygen atoms in total. The zero-order chi connectivity index (χ0) is 12.3. The molecule has 0 radical (unpaired) electrons. The summed E-state index contributed by atoms with van der Waals surface area (Å²) in [5, 5.41) is 2.97. The first-order chi connectivity index (χ1) is 8.22. The van der Waals surface area contributed by atoms with Crippen molar-refractivity contribution < 1.29 is 8.78 Å². The van der Waals surface area contributed by atoms with Crippen LogP contribution in [0.3, 0.4) is 0 Å². The van der Waals surface area contributed by atoms with E-state index in [1.807, 2.05) is 0 Å². The number of imidazole rings is 2. The highest BCUT2D eigenvalue weighted by Crippen LogP contribution is 2.13. The Bertz CT molecular complexity index is 477. The van der Waals surface area contributed by atoms with E-state index in [9.17, 15) is 8.78 Å². The van der Waals surface area contributed by atoms with Gasteiger partial charge in [-0.05, 0) is 7.05 Å². The first kappa shape index (κ1) is 11.7. The Balaban J connectivity index is 2.19. The lowest BCUT2D eigenvalue weighted by atomic mass is 10.5. The molecule has 0 saturated heterocycles. The van der Waals surface area contributed by atoms with Gasteiger partial charge in [0.05, 0.1) is 13.1 Å². The van der Waals surface area contributed by atoms with E-state index in [1.54, 1.807) is 24.0 Å². The van der Waals surface area contributed by atoms with Crippen molar-refractivity contribution in [2.45, 2.75) is 19.6 Å². The molecule has 2 aromatic rings. The number of aromatic nitrogens is 4. The van der Waals surface area contributed by atoms with E-state index in [4.69, 9.17) is 0 Å². The second kappa shape index (κ2) is 5.05. The fraction of sp³-hybridized carbons (Fsp3) is 0.400. The first-order valence-electron chi connectivity index (χ1n) is 5.17. The van der Waals surface area contributed by atoms with Crippen LogP contribution < -0.4 is 5.32 Å². The van der Waals surface area contributed by atoms with Gasteiger partial charge in [-0.25, -0.2) is 9.97 Å². The molecule has 0 aromatic carbocycles. The summed E-state index contributed by atoms with van der Waals surface area (Å²) < 4.78 is 27.9. The van der Waals surface area contributed by atoms with Gasteiger partial charge in [0, 0.05) is 24.8 Å². The van der Waals surface area contributed by atoms with Gasteiger partial charge in [0.2, 0.25) is 0 Å². The van der Waals surface area contributed by atoms with Crippen LogP contribution in [-0.4, -0.2) is 26.1 Å². The minimum absolute atomic E-state index is 0.286. The van der Waals surface area contributed by atoms with Crippen LogP contribution in [0.5, 0.6) is 0 Å². The van der Waals surface area contributed by atoms with Crippen LogP contribution in [0.2, 0.25) is 0 Å². The molecule has 2 heterocycles. The van der Waals surface area contributed by atoms with Gasteiger partial charge in [-0.3, -0.25) is 4.57 Å². The third-order valence-corrected chi connectivity index (χ3v) is 2.41. The van der Waals surface area contributed by atoms with Gasteiger partial charge in [0.1, 0.15) is 11.6 Å². The summed E-state index contributed by atoms with van der Waals surface area (Å²) >= 11 is 0. The molecule has 0 amide bonds. The highest BCUT2D eigenvalue weighted by molar-refractivity contribution is 4.99. The zero-order valence-corrected chi connectivity index (χ0v) is 9.35. The maximum Gasteiger partial charge on any atom is 0.319 e. The maximum atomic E-state index is 12.6. The molecular weight excluding hydrogens is 228 g/mol. The van der Waals surface area contributed by atoms with Crippen LogP contribution >= 0.6 is 0 Å². The van der Waals surface area contributed by atoms with Crippen LogP contribution in [0, 0.1) is 0 Å². The number of hydrogen-bond acceptors (Lipinski definition) is 3. The van der Waals surface area contributed by atoms with Gasteiger partial charge in [-0.15, -0.1) is 0 Å². The SMILES string of the molecule is CNCc1nccn1Cc1nccn1C(F)F. The summed E-state index contributed by atoms with van der Waals surface area (Å²) in [7, 11) is 1.80. The van der Waals surface area contributed by atoms with E-state index in [0.717, 1.165) is 10.4 Å². The van der Waals surface area contributed by atoms with Gasteiger partial charge >= 0.3 is 6.55 Å². The predicted molar refractivity (Wildman–Crippen MR) is 57.6 cm³/mol. The monoisotopic (exact) mass is 241 g/mol. The van der Waals surface area contributed by atoms with Crippen molar-refractivity contribution in [3.05, 3.63) is 36.4 Å². The number of rotatable bonds is 5. The third-order valence-electron chi connectivity index (χ3n) is 2.41. The van der Waals surface area contributed by atoms with Crippen molar-refractivity contribution in [1.29, 1.82) is 0 Å². The lowest BCUT2D eigenvalue weighted by Gasteiger charge is -2.09. The smallest absolute Gasteiger partial charge is 0.319 e. The van der Waals surface area contributed by atoms with Crippen molar-refractivity contribution in [3.63, 3.8) is 0 Å². The summed E-state index contributed by atoms with van der Waals surface area (Å²) in [6.07, 6.45) is 6.03. The molecule has 0 aliphatic rings. The van der Waals surface area contributed by atoms with Gasteiger partial charge in [-0.2, -0.15) is 8.78 Å². The molecular formula is C10H13F2N5. The topological polar surface area (TPSA) is 47.7 Å². The van der Waals surface area contributed by atoms with E-state index in [-0.39, 0.29) is 6.54 Å². The molecule has 0 aliphatic carbocycles. The predicted octanol–water partition coefficient (Wildman–Crippen LogP) is 1.24. The minimum Gasteiger partial charge on any atom is -0.326 e. The van der Waals surface area contributed by atoms with E-state index in [0.29, 0.717) is 12.4 Å². The van der Waals surface area contributed by atoms with E-state index >= 15 is 0 Å². The van der Waals surface area contributed by atoms with Gasteiger partial charge in [0.25, 0.3) is 0 Å². The Hall–Kier alpha value is -1.76. The number of nitrogens with zero attached hydrogens (tertiary/aromatic N) is 4. The average Bonchev–Trinajstić information content (AvgIpc) is 2.89. The van der Waals surface area contributed by atoms with Crippen molar-refractivity contribution in [3.8, 4) is 0 Å². The second-order valence-electron chi connectivity index (χ2n) is 3.53. The summed E-state index contributed by atoms with van der Waals surface area (Å²) in [4.78, 5) is 8.06. The number of nitrogens with one attached hydrogen (secondary N) is 1. The molecule has 0 unspecified atom stereocenters. The molecule has 0 atom stereocenters. The van der Waals surface area contributed by atoms with Crippen molar-refractivity contribution in [2.75, 3.05) is 7.05 Å². The van der Waals surface area contributed by atoms with E-state index in [2.05, 4.69) is 15.3 Å². The zero-order valence-electron chi connectivity index (χ0n) is 9.35. The largest absolute Gasteiger partial charge is 0.326 e. The number of alkyl halides is 2. The molecule has 7 heteroatoms. The summed E-state index contributed by atoms with van der Waals surface area (Å²) in [5.74, 6) is 1.10. The minimum atomic E-state index is -2.57. The highest BCUT2D eigenvalue weighted by Gasteiger charge is 2.12. The first-order valence-corrected chi connectivity index (χ1v) is 5.17. The second-order valence-corrected chi connectivity index (χ2v) is 3.53. The Morgan fingerprint density at radius 1 is 1.24 bits per heavy atom. The molecule has 0 bridgehead atoms. The van der Waals surface area contributed by atoms with Crippen molar-refractivity contribution in [2.24, 2.45) is 0 Å². The Kier molecular flexibility index (Phi) is 3.48. The molecule has 0 aliphatic heterocycles. The van der Waals surface area contributed by atoms with Crippen LogP contribution in [0.1, 0.15) is 18.2 Å².